The lowest BCUT2D eigenvalue weighted by atomic mass is 9.63. The molecule has 0 fully saturated rings. The maximum absolute atomic E-state index is 13.7. The van der Waals surface area contributed by atoms with Gasteiger partial charge in [-0.05, 0) is 51.7 Å². The van der Waals surface area contributed by atoms with Gasteiger partial charge in [-0.2, -0.15) is 0 Å². The number of methoxy groups -OCH3 is 1. The van der Waals surface area contributed by atoms with Crippen LogP contribution in [0.3, 0.4) is 0 Å². The van der Waals surface area contributed by atoms with Crippen LogP contribution in [-0.4, -0.2) is 41.2 Å². The van der Waals surface area contributed by atoms with Crippen molar-refractivity contribution in [3.63, 3.8) is 0 Å². The number of nitrogens with zero attached hydrogens (tertiary/aromatic N) is 1. The van der Waals surface area contributed by atoms with Crippen LogP contribution in [0.5, 0.6) is 5.75 Å². The predicted octanol–water partition coefficient (Wildman–Crippen LogP) is 5.99. The summed E-state index contributed by atoms with van der Waals surface area (Å²) in [7, 11) is 1.57. The zero-order chi connectivity index (χ0) is 25.2. The highest BCUT2D eigenvalue weighted by atomic mass is 79.9. The largest absolute Gasteiger partial charge is 0.495 e. The summed E-state index contributed by atoms with van der Waals surface area (Å²) >= 11 is 7.12. The molecule has 1 heterocycles. The number of rotatable bonds is 4. The summed E-state index contributed by atoms with van der Waals surface area (Å²) in [5.74, 6) is -1.13. The molecule has 182 valence electrons. The Morgan fingerprint density at radius 2 is 1.50 bits per heavy atom. The third-order valence-electron chi connectivity index (χ3n) is 6.87. The lowest BCUT2D eigenvalue weighted by Gasteiger charge is -2.48. The Morgan fingerprint density at radius 1 is 1.00 bits per heavy atom. The third kappa shape index (κ3) is 4.39. The standard InChI is InChI=1S/C26H29Br2NO5/c1-25(2)8-16-22(18(30)10-25)21(14-6-13(27)7-15(28)24(14)34-5)23-17(29(16)12-20(32)33)9-26(3,4)11-19(23)31/h6-7,21H,8-12H2,1-5H3,(H,32,33). The zero-order valence-corrected chi connectivity index (χ0v) is 23.2. The van der Waals surface area contributed by atoms with E-state index in [9.17, 15) is 19.5 Å². The lowest BCUT2D eigenvalue weighted by Crippen LogP contribution is -2.45. The van der Waals surface area contributed by atoms with Crippen LogP contribution in [0.15, 0.2) is 43.6 Å². The molecule has 2 aliphatic carbocycles. The minimum Gasteiger partial charge on any atom is -0.495 e. The Balaban J connectivity index is 2.08. The number of allylic oxidation sites excluding steroid dienone is 4. The SMILES string of the molecule is COc1c(Br)cc(Br)cc1C1C2=C(CC(C)(C)CC2=O)N(CC(=O)O)C2=C1C(=O)CC(C)(C)C2. The first kappa shape index (κ1) is 25.2. The Hall–Kier alpha value is -1.93. The topological polar surface area (TPSA) is 83.9 Å². The number of hydrogen-bond donors (Lipinski definition) is 1. The van der Waals surface area contributed by atoms with Gasteiger partial charge in [0.25, 0.3) is 0 Å². The number of hydrogen-bond acceptors (Lipinski definition) is 5. The van der Waals surface area contributed by atoms with E-state index in [4.69, 9.17) is 4.74 Å². The summed E-state index contributed by atoms with van der Waals surface area (Å²) in [5, 5.41) is 9.79. The fraction of sp³-hybridized carbons (Fsp3) is 0.500. The molecule has 0 atom stereocenters. The molecule has 1 aromatic rings. The monoisotopic (exact) mass is 593 g/mol. The first-order valence-electron chi connectivity index (χ1n) is 11.3. The molecule has 1 N–H and O–H groups in total. The number of carbonyl (C=O) groups is 3. The van der Waals surface area contributed by atoms with E-state index in [0.717, 1.165) is 21.4 Å². The van der Waals surface area contributed by atoms with Crippen molar-refractivity contribution < 1.29 is 24.2 Å². The summed E-state index contributed by atoms with van der Waals surface area (Å²) in [5.41, 5.74) is 2.58. The molecular weight excluding hydrogens is 566 g/mol. The van der Waals surface area contributed by atoms with Gasteiger partial charge in [0.05, 0.1) is 11.6 Å². The van der Waals surface area contributed by atoms with E-state index in [2.05, 4.69) is 31.9 Å². The first-order chi connectivity index (χ1) is 15.7. The van der Waals surface area contributed by atoms with Crippen LogP contribution in [0.1, 0.15) is 64.9 Å². The maximum atomic E-state index is 13.7. The fourth-order valence-corrected chi connectivity index (χ4v) is 7.12. The number of carbonyl (C=O) groups excluding carboxylic acids is 2. The Kier molecular flexibility index (Phi) is 6.39. The predicted molar refractivity (Wildman–Crippen MR) is 136 cm³/mol. The van der Waals surface area contributed by atoms with Crippen molar-refractivity contribution in [1.29, 1.82) is 0 Å². The van der Waals surface area contributed by atoms with E-state index in [1.165, 1.54) is 0 Å². The van der Waals surface area contributed by atoms with Crippen molar-refractivity contribution in [1.82, 2.24) is 4.90 Å². The van der Waals surface area contributed by atoms with Gasteiger partial charge in [0.2, 0.25) is 0 Å². The number of carboxylic acid groups (broad SMARTS) is 1. The molecule has 0 spiro atoms. The summed E-state index contributed by atoms with van der Waals surface area (Å²) in [6.45, 7) is 7.82. The van der Waals surface area contributed by atoms with Crippen LogP contribution in [0.4, 0.5) is 0 Å². The van der Waals surface area contributed by atoms with E-state index in [1.54, 1.807) is 12.0 Å². The van der Waals surface area contributed by atoms with Crippen LogP contribution in [0.2, 0.25) is 0 Å². The highest BCUT2D eigenvalue weighted by Gasteiger charge is 2.50. The van der Waals surface area contributed by atoms with Crippen LogP contribution >= 0.6 is 31.9 Å². The average Bonchev–Trinajstić information content (AvgIpc) is 2.66. The molecule has 1 aliphatic heterocycles. The highest BCUT2D eigenvalue weighted by molar-refractivity contribution is 9.11. The quantitative estimate of drug-likeness (QED) is 0.461. The summed E-state index contributed by atoms with van der Waals surface area (Å²) in [6, 6.07) is 3.76. The van der Waals surface area contributed by atoms with Gasteiger partial charge in [-0.25, -0.2) is 0 Å². The van der Waals surface area contributed by atoms with Gasteiger partial charge >= 0.3 is 5.97 Å². The number of Topliss-reactive ketones (excluding diaryl/α,β-unsaturated/α-hetero) is 2. The van der Waals surface area contributed by atoms with E-state index in [1.807, 2.05) is 39.8 Å². The number of aliphatic carboxylic acids is 1. The van der Waals surface area contributed by atoms with Gasteiger partial charge in [-0.1, -0.05) is 43.6 Å². The van der Waals surface area contributed by atoms with Crippen molar-refractivity contribution in [3.05, 3.63) is 49.2 Å². The molecular formula is C26H29Br2NO5. The molecule has 0 amide bonds. The first-order valence-corrected chi connectivity index (χ1v) is 12.9. The van der Waals surface area contributed by atoms with Crippen molar-refractivity contribution in [3.8, 4) is 5.75 Å². The van der Waals surface area contributed by atoms with Crippen LogP contribution in [0, 0.1) is 10.8 Å². The molecule has 0 radical (unpaired) electrons. The molecule has 3 aliphatic rings. The molecule has 1 aromatic carbocycles. The molecule has 6 nitrogen and oxygen atoms in total. The van der Waals surface area contributed by atoms with Gasteiger partial charge in [0, 0.05) is 51.3 Å². The summed E-state index contributed by atoms with van der Waals surface area (Å²) < 4.78 is 7.25. The molecule has 8 heteroatoms. The van der Waals surface area contributed by atoms with Crippen molar-refractivity contribution >= 4 is 49.4 Å². The minimum atomic E-state index is -0.994. The summed E-state index contributed by atoms with van der Waals surface area (Å²) in [6.07, 6.45) is 1.79. The number of halogens is 2. The van der Waals surface area contributed by atoms with Crippen molar-refractivity contribution in [2.24, 2.45) is 10.8 Å². The lowest BCUT2D eigenvalue weighted by molar-refractivity contribution is -0.138. The van der Waals surface area contributed by atoms with E-state index in [-0.39, 0.29) is 28.9 Å². The molecule has 0 saturated heterocycles. The number of ether oxygens (including phenoxy) is 1. The molecule has 4 rings (SSSR count). The molecule has 34 heavy (non-hydrogen) atoms. The summed E-state index contributed by atoms with van der Waals surface area (Å²) in [4.78, 5) is 41.1. The van der Waals surface area contributed by atoms with Gasteiger partial charge in [-0.3, -0.25) is 14.4 Å². The third-order valence-corrected chi connectivity index (χ3v) is 7.91. The smallest absolute Gasteiger partial charge is 0.323 e. The molecule has 0 saturated carbocycles. The van der Waals surface area contributed by atoms with Gasteiger partial charge < -0.3 is 14.7 Å². The Morgan fingerprint density at radius 3 is 1.94 bits per heavy atom. The van der Waals surface area contributed by atoms with E-state index < -0.39 is 11.9 Å². The van der Waals surface area contributed by atoms with Crippen molar-refractivity contribution in [2.75, 3.05) is 13.7 Å². The second kappa shape index (κ2) is 8.63. The second-order valence-corrected chi connectivity index (χ2v) is 12.8. The van der Waals surface area contributed by atoms with Gasteiger partial charge in [0.1, 0.15) is 12.3 Å². The molecule has 0 bridgehead atoms. The van der Waals surface area contributed by atoms with E-state index >= 15 is 0 Å². The van der Waals surface area contributed by atoms with Gasteiger partial charge in [-0.15, -0.1) is 0 Å². The Bertz CT molecular complexity index is 1120. The number of benzene rings is 1. The molecule has 0 unspecified atom stereocenters. The zero-order valence-electron chi connectivity index (χ0n) is 20.1. The second-order valence-electron chi connectivity index (χ2n) is 11.0. The Labute approximate surface area is 216 Å². The van der Waals surface area contributed by atoms with E-state index in [0.29, 0.717) is 47.1 Å². The molecule has 0 aromatic heterocycles. The minimum absolute atomic E-state index is 0.0472. The van der Waals surface area contributed by atoms with Crippen LogP contribution < -0.4 is 4.74 Å². The average molecular weight is 595 g/mol. The maximum Gasteiger partial charge on any atom is 0.323 e. The highest BCUT2D eigenvalue weighted by Crippen LogP contribution is 2.56. The number of carboxylic acids is 1. The van der Waals surface area contributed by atoms with Crippen LogP contribution in [0.25, 0.3) is 0 Å². The normalized spacial score (nSPS) is 22.0. The van der Waals surface area contributed by atoms with Gasteiger partial charge in [0.15, 0.2) is 11.6 Å². The van der Waals surface area contributed by atoms with Crippen LogP contribution in [-0.2, 0) is 14.4 Å². The van der Waals surface area contributed by atoms with Crippen molar-refractivity contribution in [2.45, 2.75) is 59.3 Å². The fourth-order valence-electron chi connectivity index (χ4n) is 5.69. The number of ketones is 2.